The van der Waals surface area contributed by atoms with Crippen LogP contribution in [0.2, 0.25) is 0 Å². The van der Waals surface area contributed by atoms with E-state index in [0.29, 0.717) is 17.6 Å². The van der Waals surface area contributed by atoms with Gasteiger partial charge in [0, 0.05) is 5.25 Å². The Kier molecular flexibility index (Phi) is 11.2. The minimum absolute atomic E-state index is 0.0548. The van der Waals surface area contributed by atoms with Crippen molar-refractivity contribution in [2.45, 2.75) is 64.5 Å². The Hall–Kier alpha value is -0.180. The van der Waals surface area contributed by atoms with E-state index >= 15 is 0 Å². The molecule has 0 amide bonds. The van der Waals surface area contributed by atoms with E-state index in [4.69, 9.17) is 4.74 Å². The molecule has 0 N–H and O–H groups in total. The highest BCUT2D eigenvalue weighted by atomic mass is 32.2. The number of esters is 1. The Bertz CT molecular complexity index is 171. The minimum atomic E-state index is -0.0548. The molecule has 0 radical (unpaired) electrons. The number of rotatable bonds is 10. The van der Waals surface area contributed by atoms with Crippen molar-refractivity contribution < 1.29 is 9.53 Å². The first-order valence-corrected chi connectivity index (χ1v) is 7.52. The van der Waals surface area contributed by atoms with Gasteiger partial charge in [-0.2, -0.15) is 0 Å². The maximum atomic E-state index is 11.3. The van der Waals surface area contributed by atoms with Crippen LogP contribution in [0.15, 0.2) is 0 Å². The molecule has 0 aliphatic heterocycles. The number of ether oxygens (including phenoxy) is 1. The molecule has 3 heteroatoms. The van der Waals surface area contributed by atoms with Crippen molar-refractivity contribution in [2.75, 3.05) is 12.4 Å². The van der Waals surface area contributed by atoms with Crippen LogP contribution in [0.4, 0.5) is 0 Å². The van der Waals surface area contributed by atoms with Gasteiger partial charge in [0.15, 0.2) is 0 Å². The quantitative estimate of drug-likeness (QED) is 0.430. The standard InChI is InChI=1S/C13H26O2S/c1-4-6-8-9-12(3)16-11-13(14)15-10-7-5-2/h12H,4-11H2,1-3H3. The number of hydrogen-bond donors (Lipinski definition) is 0. The van der Waals surface area contributed by atoms with Crippen molar-refractivity contribution >= 4 is 17.7 Å². The van der Waals surface area contributed by atoms with Gasteiger partial charge < -0.3 is 4.74 Å². The van der Waals surface area contributed by atoms with Gasteiger partial charge in [-0.15, -0.1) is 11.8 Å². The second-order valence-electron chi connectivity index (χ2n) is 4.19. The largest absolute Gasteiger partial charge is 0.465 e. The number of thioether (sulfide) groups is 1. The van der Waals surface area contributed by atoms with Crippen molar-refractivity contribution in [3.63, 3.8) is 0 Å². The van der Waals surface area contributed by atoms with E-state index in [1.54, 1.807) is 11.8 Å². The number of unbranched alkanes of at least 4 members (excludes halogenated alkanes) is 3. The Morgan fingerprint density at radius 3 is 2.50 bits per heavy atom. The molecule has 0 heterocycles. The SMILES string of the molecule is CCCCCC(C)SCC(=O)OCCCC. The molecule has 0 saturated heterocycles. The van der Waals surface area contributed by atoms with Crippen molar-refractivity contribution in [3.05, 3.63) is 0 Å². The average molecular weight is 246 g/mol. The van der Waals surface area contributed by atoms with Crippen molar-refractivity contribution in [2.24, 2.45) is 0 Å². The molecule has 0 spiro atoms. The van der Waals surface area contributed by atoms with E-state index < -0.39 is 0 Å². The van der Waals surface area contributed by atoms with Crippen LogP contribution in [0.5, 0.6) is 0 Å². The molecule has 0 aromatic heterocycles. The Balaban J connectivity index is 3.36. The molecular weight excluding hydrogens is 220 g/mol. The first-order chi connectivity index (χ1) is 7.70. The average Bonchev–Trinajstić information content (AvgIpc) is 2.27. The fourth-order valence-corrected chi connectivity index (χ4v) is 2.18. The van der Waals surface area contributed by atoms with Crippen LogP contribution < -0.4 is 0 Å². The van der Waals surface area contributed by atoms with E-state index in [2.05, 4.69) is 20.8 Å². The minimum Gasteiger partial charge on any atom is -0.465 e. The molecule has 0 aliphatic carbocycles. The summed E-state index contributed by atoms with van der Waals surface area (Å²) in [6.45, 7) is 7.08. The zero-order chi connectivity index (χ0) is 12.2. The fraction of sp³-hybridized carbons (Fsp3) is 0.923. The fourth-order valence-electron chi connectivity index (χ4n) is 1.35. The van der Waals surface area contributed by atoms with E-state index in [1.165, 1.54) is 25.7 Å². The molecule has 96 valence electrons. The van der Waals surface area contributed by atoms with E-state index in [0.717, 1.165) is 12.8 Å². The lowest BCUT2D eigenvalue weighted by Gasteiger charge is -2.10. The van der Waals surface area contributed by atoms with E-state index in [9.17, 15) is 4.79 Å². The normalized spacial score (nSPS) is 12.4. The van der Waals surface area contributed by atoms with Gasteiger partial charge in [-0.05, 0) is 12.8 Å². The predicted octanol–water partition coefficient (Wildman–Crippen LogP) is 4.03. The molecule has 0 aliphatic rings. The summed E-state index contributed by atoms with van der Waals surface area (Å²) in [5, 5.41) is 0.574. The molecule has 0 rings (SSSR count). The topological polar surface area (TPSA) is 26.3 Å². The Morgan fingerprint density at radius 1 is 1.19 bits per heavy atom. The van der Waals surface area contributed by atoms with Gasteiger partial charge in [-0.25, -0.2) is 0 Å². The van der Waals surface area contributed by atoms with Gasteiger partial charge in [0.2, 0.25) is 0 Å². The van der Waals surface area contributed by atoms with E-state index in [-0.39, 0.29) is 5.97 Å². The van der Waals surface area contributed by atoms with Crippen LogP contribution in [0.1, 0.15) is 59.3 Å². The van der Waals surface area contributed by atoms with Gasteiger partial charge in [0.05, 0.1) is 12.4 Å². The smallest absolute Gasteiger partial charge is 0.315 e. The maximum absolute atomic E-state index is 11.3. The Morgan fingerprint density at radius 2 is 1.88 bits per heavy atom. The van der Waals surface area contributed by atoms with Crippen LogP contribution in [-0.2, 0) is 9.53 Å². The maximum Gasteiger partial charge on any atom is 0.315 e. The van der Waals surface area contributed by atoms with Gasteiger partial charge >= 0.3 is 5.97 Å². The van der Waals surface area contributed by atoms with Crippen molar-refractivity contribution in [1.82, 2.24) is 0 Å². The number of hydrogen-bond acceptors (Lipinski definition) is 3. The first kappa shape index (κ1) is 15.8. The molecule has 1 atom stereocenters. The first-order valence-electron chi connectivity index (χ1n) is 6.47. The summed E-state index contributed by atoms with van der Waals surface area (Å²) in [6.07, 6.45) is 7.09. The third-order valence-electron chi connectivity index (χ3n) is 2.46. The van der Waals surface area contributed by atoms with Gasteiger partial charge in [0.25, 0.3) is 0 Å². The van der Waals surface area contributed by atoms with E-state index in [1.807, 2.05) is 0 Å². The van der Waals surface area contributed by atoms with Crippen molar-refractivity contribution in [3.8, 4) is 0 Å². The van der Waals surface area contributed by atoms with Crippen LogP contribution in [-0.4, -0.2) is 23.6 Å². The highest BCUT2D eigenvalue weighted by Crippen LogP contribution is 2.17. The zero-order valence-corrected chi connectivity index (χ0v) is 11.8. The second-order valence-corrected chi connectivity index (χ2v) is 5.62. The molecule has 0 saturated carbocycles. The van der Waals surface area contributed by atoms with Gasteiger partial charge in [-0.1, -0.05) is 46.5 Å². The summed E-state index contributed by atoms with van der Waals surface area (Å²) < 4.78 is 5.10. The number of carbonyl (C=O) groups is 1. The number of carbonyl (C=O) groups excluding carboxylic acids is 1. The van der Waals surface area contributed by atoms with Gasteiger partial charge in [0.1, 0.15) is 0 Å². The molecule has 0 aromatic carbocycles. The third kappa shape index (κ3) is 10.3. The highest BCUT2D eigenvalue weighted by molar-refractivity contribution is 8.00. The summed E-state index contributed by atoms with van der Waals surface area (Å²) in [4.78, 5) is 11.3. The molecule has 0 fully saturated rings. The molecular formula is C13H26O2S. The van der Waals surface area contributed by atoms with Gasteiger partial charge in [-0.3, -0.25) is 4.79 Å². The molecule has 0 aromatic rings. The van der Waals surface area contributed by atoms with Crippen molar-refractivity contribution in [1.29, 1.82) is 0 Å². The third-order valence-corrected chi connectivity index (χ3v) is 3.67. The molecule has 1 unspecified atom stereocenters. The molecule has 0 bridgehead atoms. The van der Waals surface area contributed by atoms with Crippen LogP contribution in [0, 0.1) is 0 Å². The lowest BCUT2D eigenvalue weighted by Crippen LogP contribution is -2.11. The van der Waals surface area contributed by atoms with Crippen LogP contribution >= 0.6 is 11.8 Å². The summed E-state index contributed by atoms with van der Waals surface area (Å²) in [7, 11) is 0. The lowest BCUT2D eigenvalue weighted by atomic mass is 10.2. The predicted molar refractivity (Wildman–Crippen MR) is 71.9 cm³/mol. The molecule has 16 heavy (non-hydrogen) atoms. The summed E-state index contributed by atoms with van der Waals surface area (Å²) in [6, 6.07) is 0. The monoisotopic (exact) mass is 246 g/mol. The lowest BCUT2D eigenvalue weighted by molar-refractivity contribution is -0.140. The zero-order valence-electron chi connectivity index (χ0n) is 11.0. The van der Waals surface area contributed by atoms with Crippen LogP contribution in [0.25, 0.3) is 0 Å². The molecule has 2 nitrogen and oxygen atoms in total. The highest BCUT2D eigenvalue weighted by Gasteiger charge is 2.07. The second kappa shape index (κ2) is 11.3. The Labute approximate surface area is 105 Å². The summed E-state index contributed by atoms with van der Waals surface area (Å²) in [5.74, 6) is 0.456. The summed E-state index contributed by atoms with van der Waals surface area (Å²) in [5.41, 5.74) is 0. The van der Waals surface area contributed by atoms with Crippen LogP contribution in [0.3, 0.4) is 0 Å². The summed E-state index contributed by atoms with van der Waals surface area (Å²) >= 11 is 1.72.